The highest BCUT2D eigenvalue weighted by Crippen LogP contribution is 2.02. The van der Waals surface area contributed by atoms with Gasteiger partial charge in [0.25, 0.3) is 0 Å². The number of aldehydes is 1. The minimum atomic E-state index is -0.346. The molecule has 0 aliphatic carbocycles. The normalized spacial score (nSPS) is 8.77. The van der Waals surface area contributed by atoms with E-state index in [0.717, 1.165) is 0 Å². The number of rotatable bonds is 1. The van der Waals surface area contributed by atoms with Crippen molar-refractivity contribution in [1.82, 2.24) is 4.98 Å². The van der Waals surface area contributed by atoms with Crippen LogP contribution < -0.4 is 0 Å². The summed E-state index contributed by atoms with van der Waals surface area (Å²) in [6.45, 7) is 1.57. The lowest BCUT2D eigenvalue weighted by Crippen LogP contribution is -1.90. The van der Waals surface area contributed by atoms with Gasteiger partial charge in [-0.05, 0) is 25.0 Å². The molecule has 0 N–H and O–H groups in total. The van der Waals surface area contributed by atoms with Gasteiger partial charge in [0, 0.05) is 0 Å². The van der Waals surface area contributed by atoms with Gasteiger partial charge in [0.1, 0.15) is 17.8 Å². The number of hydrogen-bond donors (Lipinski definition) is 0. The third-order valence-electron chi connectivity index (χ3n) is 1.42. The number of carbonyl (C=O) groups excluding carboxylic acids is 1. The maximum absolute atomic E-state index is 12.7. The Bertz CT molecular complexity index is 376. The summed E-state index contributed by atoms with van der Waals surface area (Å²) in [6.07, 6.45) is 0.890. The van der Waals surface area contributed by atoms with Crippen LogP contribution in [-0.2, 0) is 4.79 Å². The molecule has 0 atom stereocenters. The lowest BCUT2D eigenvalue weighted by atomic mass is 10.3. The highest BCUT2D eigenvalue weighted by molar-refractivity contribution is 5.54. The summed E-state index contributed by atoms with van der Waals surface area (Å²) in [5.74, 6) is 4.90. The van der Waals surface area contributed by atoms with Crippen molar-refractivity contribution in [3.8, 4) is 11.8 Å². The Labute approximate surface area is 75.8 Å². The fourth-order valence-corrected chi connectivity index (χ4v) is 0.797. The molecule has 3 heteroatoms. The number of carbonyl (C=O) groups is 1. The van der Waals surface area contributed by atoms with E-state index >= 15 is 0 Å². The quantitative estimate of drug-likeness (QED) is 0.480. The van der Waals surface area contributed by atoms with E-state index in [1.165, 1.54) is 12.1 Å². The van der Waals surface area contributed by atoms with E-state index in [2.05, 4.69) is 16.8 Å². The molecule has 0 unspecified atom stereocenters. The first-order valence-corrected chi connectivity index (χ1v) is 3.79. The summed E-state index contributed by atoms with van der Waals surface area (Å²) >= 11 is 0. The first kappa shape index (κ1) is 9.40. The molecule has 0 amide bonds. The van der Waals surface area contributed by atoms with Gasteiger partial charge in [-0.2, -0.15) is 0 Å². The predicted molar refractivity (Wildman–Crippen MR) is 46.5 cm³/mol. The zero-order valence-corrected chi connectivity index (χ0v) is 7.17. The number of hydrogen-bond acceptors (Lipinski definition) is 2. The number of nitrogens with zero attached hydrogens (tertiary/aromatic N) is 1. The van der Waals surface area contributed by atoms with Crippen LogP contribution in [0.2, 0.25) is 0 Å². The minimum Gasteiger partial charge on any atom is -0.302 e. The molecular formula is C10H8FNO. The van der Waals surface area contributed by atoms with Crippen LogP contribution in [0.1, 0.15) is 17.8 Å². The molecule has 1 aromatic heterocycles. The third kappa shape index (κ3) is 2.68. The van der Waals surface area contributed by atoms with Crippen molar-refractivity contribution in [2.24, 2.45) is 0 Å². The molecule has 2 nitrogen and oxygen atoms in total. The third-order valence-corrected chi connectivity index (χ3v) is 1.42. The molecule has 1 aromatic rings. The Morgan fingerprint density at radius 1 is 1.62 bits per heavy atom. The average Bonchev–Trinajstić information content (AvgIpc) is 2.12. The highest BCUT2D eigenvalue weighted by atomic mass is 19.1. The van der Waals surface area contributed by atoms with Crippen molar-refractivity contribution >= 4 is 6.29 Å². The van der Waals surface area contributed by atoms with Crippen molar-refractivity contribution < 1.29 is 9.18 Å². The number of aromatic nitrogens is 1. The standard InChI is InChI=1S/C10H8FNO/c1-8-10(11)6-5-9(12-8)4-2-3-7-13/h5-7H,3H2,1H3. The van der Waals surface area contributed by atoms with Gasteiger partial charge in [-0.3, -0.25) is 0 Å². The molecule has 13 heavy (non-hydrogen) atoms. The molecule has 1 rings (SSSR count). The van der Waals surface area contributed by atoms with E-state index in [1.807, 2.05) is 0 Å². The summed E-state index contributed by atoms with van der Waals surface area (Å²) in [5.41, 5.74) is 0.804. The van der Waals surface area contributed by atoms with Crippen molar-refractivity contribution in [2.75, 3.05) is 0 Å². The summed E-state index contributed by atoms with van der Waals surface area (Å²) in [6, 6.07) is 2.80. The molecule has 0 aliphatic rings. The molecule has 0 fully saturated rings. The Morgan fingerprint density at radius 3 is 3.00 bits per heavy atom. The van der Waals surface area contributed by atoms with Crippen LogP contribution in [0, 0.1) is 24.6 Å². The number of halogens is 1. The highest BCUT2D eigenvalue weighted by Gasteiger charge is 1.97. The lowest BCUT2D eigenvalue weighted by molar-refractivity contribution is -0.107. The number of pyridine rings is 1. The van der Waals surface area contributed by atoms with Crippen LogP contribution in [0.4, 0.5) is 4.39 Å². The van der Waals surface area contributed by atoms with Crippen LogP contribution in [-0.4, -0.2) is 11.3 Å². The van der Waals surface area contributed by atoms with Gasteiger partial charge >= 0.3 is 0 Å². The van der Waals surface area contributed by atoms with E-state index in [9.17, 15) is 9.18 Å². The average molecular weight is 177 g/mol. The van der Waals surface area contributed by atoms with Gasteiger partial charge in [0.05, 0.1) is 12.1 Å². The summed E-state index contributed by atoms with van der Waals surface area (Å²) in [4.78, 5) is 13.8. The maximum atomic E-state index is 12.7. The van der Waals surface area contributed by atoms with Gasteiger partial charge in [0.15, 0.2) is 0 Å². The SMILES string of the molecule is Cc1nc(C#CCC=O)ccc1F. The van der Waals surface area contributed by atoms with E-state index in [0.29, 0.717) is 17.7 Å². The van der Waals surface area contributed by atoms with Crippen LogP contribution in [0.3, 0.4) is 0 Å². The van der Waals surface area contributed by atoms with E-state index in [4.69, 9.17) is 0 Å². The first-order valence-electron chi connectivity index (χ1n) is 3.79. The molecule has 1 heterocycles. The van der Waals surface area contributed by atoms with Crippen molar-refractivity contribution in [2.45, 2.75) is 13.3 Å². The Balaban J connectivity index is 2.87. The predicted octanol–water partition coefficient (Wildman–Crippen LogP) is 1.47. The van der Waals surface area contributed by atoms with Crippen molar-refractivity contribution in [3.63, 3.8) is 0 Å². The van der Waals surface area contributed by atoms with Crippen LogP contribution >= 0.6 is 0 Å². The van der Waals surface area contributed by atoms with Crippen LogP contribution in [0.15, 0.2) is 12.1 Å². The van der Waals surface area contributed by atoms with Crippen molar-refractivity contribution in [1.29, 1.82) is 0 Å². The second-order valence-corrected chi connectivity index (χ2v) is 2.44. The summed E-state index contributed by atoms with van der Waals surface area (Å²) in [7, 11) is 0. The van der Waals surface area contributed by atoms with Gasteiger partial charge < -0.3 is 4.79 Å². The summed E-state index contributed by atoms with van der Waals surface area (Å²) in [5, 5.41) is 0. The topological polar surface area (TPSA) is 30.0 Å². The Morgan fingerprint density at radius 2 is 2.38 bits per heavy atom. The molecule has 0 saturated heterocycles. The van der Waals surface area contributed by atoms with Gasteiger partial charge in [0.2, 0.25) is 0 Å². The Kier molecular flexibility index (Phi) is 3.15. The molecule has 0 bridgehead atoms. The van der Waals surface area contributed by atoms with E-state index in [-0.39, 0.29) is 12.2 Å². The molecule has 0 spiro atoms. The van der Waals surface area contributed by atoms with Crippen molar-refractivity contribution in [3.05, 3.63) is 29.3 Å². The molecule has 0 saturated carbocycles. The second-order valence-electron chi connectivity index (χ2n) is 2.44. The molecule has 0 aliphatic heterocycles. The molecule has 0 aromatic carbocycles. The molecule has 0 radical (unpaired) electrons. The molecular weight excluding hydrogens is 169 g/mol. The van der Waals surface area contributed by atoms with Crippen LogP contribution in [0.5, 0.6) is 0 Å². The van der Waals surface area contributed by atoms with Gasteiger partial charge in [-0.15, -0.1) is 0 Å². The minimum absolute atomic E-state index is 0.179. The molecule has 66 valence electrons. The largest absolute Gasteiger partial charge is 0.302 e. The Hall–Kier alpha value is -1.69. The first-order chi connectivity index (χ1) is 6.24. The van der Waals surface area contributed by atoms with Gasteiger partial charge in [-0.1, -0.05) is 5.92 Å². The van der Waals surface area contributed by atoms with E-state index in [1.54, 1.807) is 6.92 Å². The number of aryl methyl sites for hydroxylation is 1. The second kappa shape index (κ2) is 4.36. The summed E-state index contributed by atoms with van der Waals surface area (Å²) < 4.78 is 12.7. The fraction of sp³-hybridized carbons (Fsp3) is 0.200. The van der Waals surface area contributed by atoms with Gasteiger partial charge in [-0.25, -0.2) is 9.37 Å². The monoisotopic (exact) mass is 177 g/mol. The van der Waals surface area contributed by atoms with Crippen LogP contribution in [0.25, 0.3) is 0 Å². The zero-order valence-electron chi connectivity index (χ0n) is 7.17. The smallest absolute Gasteiger partial charge is 0.144 e. The lowest BCUT2D eigenvalue weighted by Gasteiger charge is -1.94. The van der Waals surface area contributed by atoms with E-state index < -0.39 is 0 Å². The zero-order chi connectivity index (χ0) is 9.68. The maximum Gasteiger partial charge on any atom is 0.144 e. The fourth-order valence-electron chi connectivity index (χ4n) is 0.797.